The molecule has 4 N–H and O–H groups in total. The SMILES string of the molecule is CC12CCC(O)CC1CCC1C2CCC2(C)C(CCc3cc(CCN)on3)CCC12O. The fourth-order valence-electron chi connectivity index (χ4n) is 8.83. The van der Waals surface area contributed by atoms with Crippen molar-refractivity contribution in [3.05, 3.63) is 17.5 Å². The van der Waals surface area contributed by atoms with Gasteiger partial charge in [0, 0.05) is 12.5 Å². The Labute approximate surface area is 187 Å². The van der Waals surface area contributed by atoms with E-state index in [0.717, 1.165) is 75.7 Å². The quantitative estimate of drug-likeness (QED) is 0.650. The largest absolute Gasteiger partial charge is 0.393 e. The van der Waals surface area contributed by atoms with Gasteiger partial charge in [0.2, 0.25) is 0 Å². The molecule has 8 atom stereocenters. The van der Waals surface area contributed by atoms with Crippen molar-refractivity contribution in [1.29, 1.82) is 0 Å². The van der Waals surface area contributed by atoms with Crippen molar-refractivity contribution in [3.63, 3.8) is 0 Å². The van der Waals surface area contributed by atoms with Crippen LogP contribution in [0.5, 0.6) is 0 Å². The summed E-state index contributed by atoms with van der Waals surface area (Å²) in [7, 11) is 0. The number of aliphatic hydroxyl groups excluding tert-OH is 1. The van der Waals surface area contributed by atoms with Crippen molar-refractivity contribution in [1.82, 2.24) is 5.16 Å². The Morgan fingerprint density at radius 3 is 2.71 bits per heavy atom. The second kappa shape index (κ2) is 7.85. The van der Waals surface area contributed by atoms with E-state index in [9.17, 15) is 10.2 Å². The summed E-state index contributed by atoms with van der Waals surface area (Å²) >= 11 is 0. The van der Waals surface area contributed by atoms with Crippen LogP contribution < -0.4 is 5.73 Å². The Hall–Kier alpha value is -0.910. The molecule has 0 saturated heterocycles. The normalized spacial score (nSPS) is 46.9. The van der Waals surface area contributed by atoms with Crippen molar-refractivity contribution in [2.24, 2.45) is 40.2 Å². The first-order valence-corrected chi connectivity index (χ1v) is 12.8. The van der Waals surface area contributed by atoms with Gasteiger partial charge in [-0.1, -0.05) is 19.0 Å². The van der Waals surface area contributed by atoms with Gasteiger partial charge in [0.05, 0.1) is 17.4 Å². The molecule has 174 valence electrons. The molecule has 5 nitrogen and oxygen atoms in total. The molecule has 4 aliphatic carbocycles. The molecule has 0 spiro atoms. The van der Waals surface area contributed by atoms with Crippen LogP contribution in [0.1, 0.15) is 89.5 Å². The van der Waals surface area contributed by atoms with Crippen molar-refractivity contribution >= 4 is 0 Å². The van der Waals surface area contributed by atoms with Gasteiger partial charge in [0.15, 0.2) is 0 Å². The zero-order valence-corrected chi connectivity index (χ0v) is 19.5. The van der Waals surface area contributed by atoms with Gasteiger partial charge in [-0.3, -0.25) is 0 Å². The van der Waals surface area contributed by atoms with Crippen LogP contribution in [0.15, 0.2) is 10.6 Å². The molecule has 1 heterocycles. The summed E-state index contributed by atoms with van der Waals surface area (Å²) in [6.07, 6.45) is 12.5. The minimum absolute atomic E-state index is 0.00929. The minimum atomic E-state index is -0.529. The lowest BCUT2D eigenvalue weighted by atomic mass is 9.43. The highest BCUT2D eigenvalue weighted by atomic mass is 16.5. The zero-order chi connectivity index (χ0) is 21.9. The van der Waals surface area contributed by atoms with Gasteiger partial charge < -0.3 is 20.5 Å². The number of hydrogen-bond donors (Lipinski definition) is 3. The van der Waals surface area contributed by atoms with Crippen molar-refractivity contribution < 1.29 is 14.7 Å². The third-order valence-corrected chi connectivity index (χ3v) is 10.8. The molecule has 0 aromatic carbocycles. The van der Waals surface area contributed by atoms with Gasteiger partial charge in [-0.15, -0.1) is 0 Å². The van der Waals surface area contributed by atoms with E-state index < -0.39 is 5.60 Å². The third kappa shape index (κ3) is 3.33. The van der Waals surface area contributed by atoms with Gasteiger partial charge in [-0.25, -0.2) is 0 Å². The summed E-state index contributed by atoms with van der Waals surface area (Å²) in [6, 6.07) is 2.06. The molecule has 5 heteroatoms. The molecule has 1 aromatic rings. The van der Waals surface area contributed by atoms with Crippen LogP contribution in [-0.4, -0.2) is 33.6 Å². The Morgan fingerprint density at radius 1 is 1.06 bits per heavy atom. The highest BCUT2D eigenvalue weighted by Gasteiger charge is 2.66. The third-order valence-electron chi connectivity index (χ3n) is 10.8. The summed E-state index contributed by atoms with van der Waals surface area (Å²) in [5.41, 5.74) is 6.45. The van der Waals surface area contributed by atoms with Crippen LogP contribution in [0.3, 0.4) is 0 Å². The minimum Gasteiger partial charge on any atom is -0.393 e. The van der Waals surface area contributed by atoms with E-state index in [-0.39, 0.29) is 11.5 Å². The van der Waals surface area contributed by atoms with E-state index in [1.807, 2.05) is 0 Å². The lowest BCUT2D eigenvalue weighted by Gasteiger charge is -2.63. The number of aliphatic hydroxyl groups is 2. The van der Waals surface area contributed by atoms with Crippen LogP contribution in [0, 0.1) is 34.5 Å². The molecular weight excluding hydrogens is 388 g/mol. The summed E-state index contributed by atoms with van der Waals surface area (Å²) in [6.45, 7) is 5.47. The zero-order valence-electron chi connectivity index (χ0n) is 19.5. The molecule has 0 aliphatic heterocycles. The Kier molecular flexibility index (Phi) is 5.55. The number of fused-ring (bicyclic) bond motifs is 5. The van der Waals surface area contributed by atoms with Gasteiger partial charge in [-0.05, 0) is 112 Å². The number of nitrogens with zero attached hydrogens (tertiary/aromatic N) is 1. The van der Waals surface area contributed by atoms with E-state index in [0.29, 0.717) is 35.6 Å². The standard InChI is InChI=1S/C26H42N2O3/c1-24-11-8-20(29)15-18(24)4-6-23-22(24)9-12-25(2)17(7-13-26(23,25)30)3-5-19-16-21(10-14-27)31-28-19/h16-18,20,22-23,29-30H,3-15,27H2,1-2H3. The Morgan fingerprint density at radius 2 is 1.90 bits per heavy atom. The second-order valence-corrected chi connectivity index (χ2v) is 11.9. The monoisotopic (exact) mass is 430 g/mol. The van der Waals surface area contributed by atoms with E-state index in [4.69, 9.17) is 10.3 Å². The molecule has 8 unspecified atom stereocenters. The summed E-state index contributed by atoms with van der Waals surface area (Å²) in [4.78, 5) is 0. The molecule has 1 aromatic heterocycles. The first kappa shape index (κ1) is 21.9. The van der Waals surface area contributed by atoms with Crippen LogP contribution in [-0.2, 0) is 12.8 Å². The molecule has 4 saturated carbocycles. The smallest absolute Gasteiger partial charge is 0.138 e. The topological polar surface area (TPSA) is 92.5 Å². The Balaban J connectivity index is 1.31. The predicted molar refractivity (Wildman–Crippen MR) is 120 cm³/mol. The maximum atomic E-state index is 12.3. The van der Waals surface area contributed by atoms with Crippen LogP contribution >= 0.6 is 0 Å². The van der Waals surface area contributed by atoms with Gasteiger partial charge in [0.1, 0.15) is 5.76 Å². The molecule has 0 radical (unpaired) electrons. The van der Waals surface area contributed by atoms with Crippen molar-refractivity contribution in [3.8, 4) is 0 Å². The van der Waals surface area contributed by atoms with E-state index in [1.165, 1.54) is 12.8 Å². The lowest BCUT2D eigenvalue weighted by molar-refractivity contribution is -0.210. The van der Waals surface area contributed by atoms with Gasteiger partial charge in [0.25, 0.3) is 0 Å². The first-order chi connectivity index (χ1) is 14.8. The number of aromatic nitrogens is 1. The van der Waals surface area contributed by atoms with E-state index >= 15 is 0 Å². The predicted octanol–water partition coefficient (Wildman–Crippen LogP) is 4.24. The maximum Gasteiger partial charge on any atom is 0.138 e. The average Bonchev–Trinajstić information content (AvgIpc) is 3.29. The van der Waals surface area contributed by atoms with Crippen LogP contribution in [0.25, 0.3) is 0 Å². The number of aryl methyl sites for hydroxylation is 1. The first-order valence-electron chi connectivity index (χ1n) is 12.8. The van der Waals surface area contributed by atoms with Crippen molar-refractivity contribution in [2.45, 2.75) is 103 Å². The molecule has 0 bridgehead atoms. The van der Waals surface area contributed by atoms with E-state index in [2.05, 4.69) is 25.1 Å². The molecule has 4 fully saturated rings. The highest BCUT2D eigenvalue weighted by molar-refractivity contribution is 5.17. The molecule has 5 rings (SSSR count). The second-order valence-electron chi connectivity index (χ2n) is 11.9. The molecule has 31 heavy (non-hydrogen) atoms. The molecular formula is C26H42N2O3. The number of rotatable bonds is 5. The Bertz CT molecular complexity index is 795. The average molecular weight is 431 g/mol. The fourth-order valence-corrected chi connectivity index (χ4v) is 8.83. The van der Waals surface area contributed by atoms with E-state index in [1.54, 1.807) is 0 Å². The number of nitrogens with two attached hydrogens (primary N) is 1. The lowest BCUT2D eigenvalue weighted by Crippen LogP contribution is -2.62. The highest BCUT2D eigenvalue weighted by Crippen LogP contribution is 2.69. The molecule has 0 amide bonds. The van der Waals surface area contributed by atoms with Crippen LogP contribution in [0.4, 0.5) is 0 Å². The fraction of sp³-hybridized carbons (Fsp3) is 0.885. The number of hydrogen-bond acceptors (Lipinski definition) is 5. The maximum absolute atomic E-state index is 12.3. The molecule has 4 aliphatic rings. The summed E-state index contributed by atoms with van der Waals surface area (Å²) in [5, 5.41) is 26.8. The van der Waals surface area contributed by atoms with Crippen molar-refractivity contribution in [2.75, 3.05) is 6.54 Å². The van der Waals surface area contributed by atoms with Gasteiger partial charge in [-0.2, -0.15) is 0 Å². The summed E-state index contributed by atoms with van der Waals surface area (Å²) in [5.74, 6) is 3.11. The van der Waals surface area contributed by atoms with Gasteiger partial charge >= 0.3 is 0 Å². The summed E-state index contributed by atoms with van der Waals surface area (Å²) < 4.78 is 5.41. The van der Waals surface area contributed by atoms with Crippen LogP contribution in [0.2, 0.25) is 0 Å².